The van der Waals surface area contributed by atoms with Crippen LogP contribution in [0.4, 0.5) is 0 Å². The van der Waals surface area contributed by atoms with Crippen LogP contribution in [-0.4, -0.2) is 37.8 Å². The molecule has 146 valence electrons. The highest BCUT2D eigenvalue weighted by Gasteiger charge is 2.06. The molecule has 0 bridgehead atoms. The van der Waals surface area contributed by atoms with Crippen molar-refractivity contribution in [2.24, 2.45) is 4.99 Å². The van der Waals surface area contributed by atoms with Crippen LogP contribution in [0.1, 0.15) is 36.1 Å². The Morgan fingerprint density at radius 3 is 2.63 bits per heavy atom. The molecule has 1 atom stereocenters. The number of ether oxygens (including phenoxy) is 1. The van der Waals surface area contributed by atoms with Crippen LogP contribution in [-0.2, 0) is 6.42 Å². The summed E-state index contributed by atoms with van der Waals surface area (Å²) in [6.07, 6.45) is 0.988. The molecule has 0 saturated carbocycles. The highest BCUT2D eigenvalue weighted by molar-refractivity contribution is 5.79. The van der Waals surface area contributed by atoms with E-state index >= 15 is 0 Å². The molecule has 0 spiro atoms. The minimum atomic E-state index is -0.488. The average Bonchev–Trinajstić information content (AvgIpc) is 2.69. The van der Waals surface area contributed by atoms with E-state index in [1.165, 1.54) is 5.56 Å². The predicted octanol–water partition coefficient (Wildman–Crippen LogP) is 3.22. The third-order valence-corrected chi connectivity index (χ3v) is 4.38. The first kappa shape index (κ1) is 20.8. The maximum atomic E-state index is 10.2. The number of nitrogens with one attached hydrogen (secondary N) is 2. The largest absolute Gasteiger partial charge is 0.496 e. The van der Waals surface area contributed by atoms with Crippen molar-refractivity contribution >= 4 is 5.96 Å². The van der Waals surface area contributed by atoms with E-state index in [-0.39, 0.29) is 0 Å². The molecule has 0 aliphatic heterocycles. The van der Waals surface area contributed by atoms with Crippen molar-refractivity contribution in [3.05, 3.63) is 65.2 Å². The molecule has 2 aromatic carbocycles. The molecule has 5 heteroatoms. The molecule has 0 aromatic heterocycles. The van der Waals surface area contributed by atoms with Crippen LogP contribution in [0.15, 0.2) is 53.5 Å². The Morgan fingerprint density at radius 2 is 1.93 bits per heavy atom. The molecule has 0 heterocycles. The molecule has 0 amide bonds. The van der Waals surface area contributed by atoms with Gasteiger partial charge in [-0.25, -0.2) is 0 Å². The number of rotatable bonds is 9. The molecular formula is C22H31N3O2. The van der Waals surface area contributed by atoms with Crippen molar-refractivity contribution < 1.29 is 9.84 Å². The molecule has 2 aromatic rings. The van der Waals surface area contributed by atoms with Crippen LogP contribution in [0.5, 0.6) is 5.75 Å². The van der Waals surface area contributed by atoms with Gasteiger partial charge in [0.1, 0.15) is 5.75 Å². The fraction of sp³-hybridized carbons (Fsp3) is 0.409. The summed E-state index contributed by atoms with van der Waals surface area (Å²) < 4.78 is 5.38. The summed E-state index contributed by atoms with van der Waals surface area (Å²) in [5.41, 5.74) is 3.29. The number of aliphatic hydroxyl groups excluding tert-OH is 1. The Bertz CT molecular complexity index is 717. The smallest absolute Gasteiger partial charge is 0.191 e. The van der Waals surface area contributed by atoms with E-state index in [0.29, 0.717) is 13.0 Å². The molecule has 27 heavy (non-hydrogen) atoms. The fourth-order valence-electron chi connectivity index (χ4n) is 2.83. The number of hydrogen-bond donors (Lipinski definition) is 3. The topological polar surface area (TPSA) is 65.9 Å². The van der Waals surface area contributed by atoms with E-state index in [1.54, 1.807) is 7.11 Å². The molecule has 0 saturated heterocycles. The lowest BCUT2D eigenvalue weighted by atomic mass is 10.1. The van der Waals surface area contributed by atoms with E-state index in [0.717, 1.165) is 42.3 Å². The van der Waals surface area contributed by atoms with Crippen LogP contribution < -0.4 is 15.4 Å². The van der Waals surface area contributed by atoms with Gasteiger partial charge in [0.15, 0.2) is 5.96 Å². The zero-order chi connectivity index (χ0) is 19.5. The Hall–Kier alpha value is -2.53. The van der Waals surface area contributed by atoms with Gasteiger partial charge in [-0.15, -0.1) is 0 Å². The Balaban J connectivity index is 1.82. The summed E-state index contributed by atoms with van der Waals surface area (Å²) in [6.45, 7) is 6.22. The monoisotopic (exact) mass is 369 g/mol. The highest BCUT2D eigenvalue weighted by Crippen LogP contribution is 2.19. The number of aliphatic imine (C=N–C) groups is 1. The van der Waals surface area contributed by atoms with Crippen molar-refractivity contribution in [2.45, 2.75) is 32.8 Å². The number of guanidine groups is 1. The molecule has 5 nitrogen and oxygen atoms in total. The SMILES string of the molecule is CCNC(=NCCC(O)c1ccccc1)NCCc1ccc(C)c(OC)c1. The highest BCUT2D eigenvalue weighted by atomic mass is 16.5. The van der Waals surface area contributed by atoms with Crippen LogP contribution in [0.2, 0.25) is 0 Å². The fourth-order valence-corrected chi connectivity index (χ4v) is 2.83. The molecule has 0 radical (unpaired) electrons. The summed E-state index contributed by atoms with van der Waals surface area (Å²) in [5, 5.41) is 16.8. The van der Waals surface area contributed by atoms with Crippen LogP contribution in [0.3, 0.4) is 0 Å². The first-order chi connectivity index (χ1) is 13.1. The normalized spacial score (nSPS) is 12.5. The van der Waals surface area contributed by atoms with Gasteiger partial charge in [0, 0.05) is 19.6 Å². The second kappa shape index (κ2) is 11.2. The third kappa shape index (κ3) is 6.94. The van der Waals surface area contributed by atoms with Gasteiger partial charge in [-0.2, -0.15) is 0 Å². The molecule has 0 fully saturated rings. The third-order valence-electron chi connectivity index (χ3n) is 4.38. The maximum Gasteiger partial charge on any atom is 0.191 e. The molecule has 0 aliphatic carbocycles. The summed E-state index contributed by atoms with van der Waals surface area (Å²) in [7, 11) is 1.70. The zero-order valence-corrected chi connectivity index (χ0v) is 16.5. The lowest BCUT2D eigenvalue weighted by Crippen LogP contribution is -2.38. The lowest BCUT2D eigenvalue weighted by Gasteiger charge is -2.13. The second-order valence-corrected chi connectivity index (χ2v) is 6.46. The van der Waals surface area contributed by atoms with Gasteiger partial charge in [0.25, 0.3) is 0 Å². The molecule has 2 rings (SSSR count). The van der Waals surface area contributed by atoms with E-state index in [4.69, 9.17) is 4.74 Å². The first-order valence-corrected chi connectivity index (χ1v) is 9.52. The summed E-state index contributed by atoms with van der Waals surface area (Å²) in [5.74, 6) is 1.69. The molecule has 0 aliphatic rings. The van der Waals surface area contributed by atoms with Crippen molar-refractivity contribution in [1.82, 2.24) is 10.6 Å². The summed E-state index contributed by atoms with van der Waals surface area (Å²) in [4.78, 5) is 4.57. The van der Waals surface area contributed by atoms with Crippen LogP contribution >= 0.6 is 0 Å². The number of aryl methyl sites for hydroxylation is 1. The van der Waals surface area contributed by atoms with E-state index in [1.807, 2.05) is 44.2 Å². The second-order valence-electron chi connectivity index (χ2n) is 6.46. The van der Waals surface area contributed by atoms with Crippen molar-refractivity contribution in [3.8, 4) is 5.75 Å². The quantitative estimate of drug-likeness (QED) is 0.469. The van der Waals surface area contributed by atoms with E-state index in [2.05, 4.69) is 33.8 Å². The Kier molecular flexibility index (Phi) is 8.65. The van der Waals surface area contributed by atoms with Crippen molar-refractivity contribution in [1.29, 1.82) is 0 Å². The predicted molar refractivity (Wildman–Crippen MR) is 111 cm³/mol. The van der Waals surface area contributed by atoms with E-state index < -0.39 is 6.10 Å². The number of methoxy groups -OCH3 is 1. The van der Waals surface area contributed by atoms with Gasteiger partial charge in [-0.1, -0.05) is 42.5 Å². The van der Waals surface area contributed by atoms with E-state index in [9.17, 15) is 5.11 Å². The Morgan fingerprint density at radius 1 is 1.15 bits per heavy atom. The van der Waals surface area contributed by atoms with Crippen LogP contribution in [0, 0.1) is 6.92 Å². The van der Waals surface area contributed by atoms with Crippen molar-refractivity contribution in [3.63, 3.8) is 0 Å². The number of aliphatic hydroxyl groups is 1. The van der Waals surface area contributed by atoms with Crippen LogP contribution in [0.25, 0.3) is 0 Å². The molecule has 1 unspecified atom stereocenters. The van der Waals surface area contributed by atoms with Gasteiger partial charge < -0.3 is 20.5 Å². The van der Waals surface area contributed by atoms with Gasteiger partial charge in [-0.05, 0) is 49.4 Å². The number of benzene rings is 2. The van der Waals surface area contributed by atoms with Gasteiger partial charge in [-0.3, -0.25) is 4.99 Å². The minimum Gasteiger partial charge on any atom is -0.496 e. The van der Waals surface area contributed by atoms with Crippen molar-refractivity contribution in [2.75, 3.05) is 26.7 Å². The lowest BCUT2D eigenvalue weighted by molar-refractivity contribution is 0.170. The average molecular weight is 370 g/mol. The van der Waals surface area contributed by atoms with Gasteiger partial charge in [0.2, 0.25) is 0 Å². The number of nitrogens with zero attached hydrogens (tertiary/aromatic N) is 1. The Labute approximate surface area is 162 Å². The summed E-state index contributed by atoms with van der Waals surface area (Å²) >= 11 is 0. The number of hydrogen-bond acceptors (Lipinski definition) is 3. The summed E-state index contributed by atoms with van der Waals surface area (Å²) in [6, 6.07) is 16.0. The molecular weight excluding hydrogens is 338 g/mol. The minimum absolute atomic E-state index is 0.488. The maximum absolute atomic E-state index is 10.2. The molecule has 3 N–H and O–H groups in total. The standard InChI is InChI=1S/C22H31N3O2/c1-4-23-22(25-15-13-20(26)19-8-6-5-7-9-19)24-14-12-18-11-10-17(2)21(16-18)27-3/h5-11,16,20,26H,4,12-15H2,1-3H3,(H2,23,24,25). The van der Waals surface area contributed by atoms with Gasteiger partial charge >= 0.3 is 0 Å². The van der Waals surface area contributed by atoms with Gasteiger partial charge in [0.05, 0.1) is 13.2 Å². The zero-order valence-electron chi connectivity index (χ0n) is 16.5. The first-order valence-electron chi connectivity index (χ1n) is 9.52.